The molecule has 0 aliphatic carbocycles. The molecule has 3 aliphatic heterocycles. The molecule has 8 heteroatoms. The van der Waals surface area contributed by atoms with Gasteiger partial charge in [0.25, 0.3) is 11.6 Å². The van der Waals surface area contributed by atoms with Gasteiger partial charge in [0.15, 0.2) is 0 Å². The molecule has 2 fully saturated rings. The summed E-state index contributed by atoms with van der Waals surface area (Å²) in [7, 11) is 2.11. The lowest BCUT2D eigenvalue weighted by Gasteiger charge is -2.36. The van der Waals surface area contributed by atoms with E-state index in [2.05, 4.69) is 24.9 Å². The van der Waals surface area contributed by atoms with Gasteiger partial charge in [0, 0.05) is 48.9 Å². The first-order chi connectivity index (χ1) is 15.4. The largest absolute Gasteiger partial charge is 0.378 e. The molecule has 0 aromatic heterocycles. The summed E-state index contributed by atoms with van der Waals surface area (Å²) in [5.41, 5.74) is 4.20. The fourth-order valence-corrected chi connectivity index (χ4v) is 5.36. The maximum atomic E-state index is 13.7. The van der Waals surface area contributed by atoms with Crippen LogP contribution in [0.5, 0.6) is 0 Å². The van der Waals surface area contributed by atoms with E-state index in [0.717, 1.165) is 25.2 Å². The highest BCUT2D eigenvalue weighted by Gasteiger charge is 2.44. The number of aryl methyl sites for hydroxylation is 1. The van der Waals surface area contributed by atoms with Gasteiger partial charge >= 0.3 is 0 Å². The Bertz CT molecular complexity index is 1070. The number of amides is 1. The molecule has 2 atom stereocenters. The lowest BCUT2D eigenvalue weighted by molar-refractivity contribution is -0.384. The van der Waals surface area contributed by atoms with Crippen LogP contribution in [0.1, 0.15) is 33.8 Å². The molecule has 3 heterocycles. The Morgan fingerprint density at radius 2 is 1.84 bits per heavy atom. The maximum Gasteiger partial charge on any atom is 0.293 e. The highest BCUT2D eigenvalue weighted by molar-refractivity contribution is 6.09. The molecule has 0 radical (unpaired) electrons. The average Bonchev–Trinajstić information content (AvgIpc) is 3.11. The molecule has 2 saturated heterocycles. The molecule has 0 bridgehead atoms. The number of nitro benzene ring substituents is 1. The molecular weight excluding hydrogens is 408 g/mol. The van der Waals surface area contributed by atoms with E-state index >= 15 is 0 Å². The van der Waals surface area contributed by atoms with Crippen LogP contribution in [0, 0.1) is 17.0 Å². The smallest absolute Gasteiger partial charge is 0.293 e. The lowest BCUT2D eigenvalue weighted by atomic mass is 9.88. The van der Waals surface area contributed by atoms with Crippen LogP contribution in [0.15, 0.2) is 36.4 Å². The zero-order valence-electron chi connectivity index (χ0n) is 18.5. The van der Waals surface area contributed by atoms with E-state index in [4.69, 9.17) is 4.74 Å². The van der Waals surface area contributed by atoms with Gasteiger partial charge in [-0.1, -0.05) is 17.7 Å². The summed E-state index contributed by atoms with van der Waals surface area (Å²) in [6.45, 7) is 6.18. The average molecular weight is 437 g/mol. The molecule has 0 N–H and O–H groups in total. The van der Waals surface area contributed by atoms with Crippen molar-refractivity contribution >= 4 is 23.0 Å². The Morgan fingerprint density at radius 1 is 1.09 bits per heavy atom. The van der Waals surface area contributed by atoms with Crippen LogP contribution in [0.25, 0.3) is 0 Å². The first kappa shape index (κ1) is 20.9. The Labute approximate surface area is 187 Å². The fraction of sp³-hybridized carbons (Fsp3) is 0.458. The Kier molecular flexibility index (Phi) is 5.35. The van der Waals surface area contributed by atoms with Crippen LogP contribution in [-0.2, 0) is 4.74 Å². The summed E-state index contributed by atoms with van der Waals surface area (Å²) in [6.07, 6.45) is 0.884. The third-order valence-corrected chi connectivity index (χ3v) is 6.94. The van der Waals surface area contributed by atoms with E-state index in [-0.39, 0.29) is 28.5 Å². The predicted molar refractivity (Wildman–Crippen MR) is 123 cm³/mol. The van der Waals surface area contributed by atoms with Gasteiger partial charge in [-0.15, -0.1) is 0 Å². The number of anilines is 2. The van der Waals surface area contributed by atoms with Crippen molar-refractivity contribution in [3.05, 3.63) is 63.2 Å². The summed E-state index contributed by atoms with van der Waals surface area (Å²) in [5, 5.41) is 11.9. The van der Waals surface area contributed by atoms with Crippen LogP contribution in [-0.4, -0.2) is 68.2 Å². The minimum absolute atomic E-state index is 0.0268. The molecule has 2 aromatic carbocycles. The number of likely N-dealkylation sites (N-methyl/N-ethyl adjacent to an activating group) is 1. The number of fused-ring (bicyclic) bond motifs is 3. The van der Waals surface area contributed by atoms with E-state index in [0.29, 0.717) is 37.6 Å². The number of piperidine rings is 1. The van der Waals surface area contributed by atoms with E-state index in [1.54, 1.807) is 12.1 Å². The standard InChI is InChI=1S/C24H28N4O4/c1-16-3-5-20-18(13-16)19-15-25(2)8-7-21(19)27(20)24(29)17-4-6-22(23(14-17)28(30)31)26-9-11-32-12-10-26/h3-6,13-14,19,21H,7-12,15H2,1-2H3. The molecule has 5 rings (SSSR count). The maximum absolute atomic E-state index is 13.7. The van der Waals surface area contributed by atoms with Gasteiger partial charge in [-0.25, -0.2) is 0 Å². The molecule has 32 heavy (non-hydrogen) atoms. The van der Waals surface area contributed by atoms with Crippen molar-refractivity contribution < 1.29 is 14.5 Å². The Balaban J connectivity index is 1.52. The van der Waals surface area contributed by atoms with E-state index < -0.39 is 0 Å². The number of carbonyl (C=O) groups excluding carboxylic acids is 1. The SMILES string of the molecule is Cc1ccc2c(c1)C1CN(C)CCC1N2C(=O)c1ccc(N2CCOCC2)c([N+](=O)[O-])c1. The fourth-order valence-electron chi connectivity index (χ4n) is 5.36. The molecule has 168 valence electrons. The second-order valence-corrected chi connectivity index (χ2v) is 9.02. The zero-order chi connectivity index (χ0) is 22.4. The normalized spacial score (nSPS) is 23.1. The first-order valence-corrected chi connectivity index (χ1v) is 11.2. The Morgan fingerprint density at radius 3 is 2.59 bits per heavy atom. The van der Waals surface area contributed by atoms with Crippen molar-refractivity contribution in [3.8, 4) is 0 Å². The van der Waals surface area contributed by atoms with Gasteiger partial charge in [-0.05, 0) is 50.7 Å². The number of carbonyl (C=O) groups is 1. The topological polar surface area (TPSA) is 79.2 Å². The van der Waals surface area contributed by atoms with Gasteiger partial charge in [0.1, 0.15) is 5.69 Å². The number of morpholine rings is 1. The summed E-state index contributed by atoms with van der Waals surface area (Å²) in [5.74, 6) is 0.0963. The number of benzene rings is 2. The minimum atomic E-state index is -0.388. The molecule has 0 spiro atoms. The van der Waals surface area contributed by atoms with Crippen LogP contribution >= 0.6 is 0 Å². The van der Waals surface area contributed by atoms with E-state index in [1.165, 1.54) is 17.2 Å². The predicted octanol–water partition coefficient (Wildman–Crippen LogP) is 3.19. The van der Waals surface area contributed by atoms with Gasteiger partial charge in [0.05, 0.1) is 18.1 Å². The lowest BCUT2D eigenvalue weighted by Crippen LogP contribution is -2.47. The second kappa shape index (κ2) is 8.18. The number of rotatable bonds is 3. The van der Waals surface area contributed by atoms with Gasteiger partial charge in [0.2, 0.25) is 0 Å². The van der Waals surface area contributed by atoms with Crippen molar-refractivity contribution in [2.45, 2.75) is 25.3 Å². The molecule has 3 aliphatic rings. The van der Waals surface area contributed by atoms with Crippen molar-refractivity contribution in [2.24, 2.45) is 0 Å². The van der Waals surface area contributed by atoms with Crippen LogP contribution in [0.3, 0.4) is 0 Å². The van der Waals surface area contributed by atoms with Crippen molar-refractivity contribution in [3.63, 3.8) is 0 Å². The second-order valence-electron chi connectivity index (χ2n) is 9.02. The minimum Gasteiger partial charge on any atom is -0.378 e. The molecule has 1 amide bonds. The molecular formula is C24H28N4O4. The molecule has 0 saturated carbocycles. The number of likely N-dealkylation sites (tertiary alicyclic amines) is 1. The molecule has 8 nitrogen and oxygen atoms in total. The van der Waals surface area contributed by atoms with Crippen LogP contribution in [0.4, 0.5) is 17.1 Å². The summed E-state index contributed by atoms with van der Waals surface area (Å²) >= 11 is 0. The van der Waals surface area contributed by atoms with Crippen LogP contribution in [0.2, 0.25) is 0 Å². The number of hydrogen-bond donors (Lipinski definition) is 0. The third-order valence-electron chi connectivity index (χ3n) is 6.94. The number of ether oxygens (including phenoxy) is 1. The van der Waals surface area contributed by atoms with Crippen molar-refractivity contribution in [2.75, 3.05) is 56.2 Å². The molecule has 2 aromatic rings. The summed E-state index contributed by atoms with van der Waals surface area (Å²) in [4.78, 5) is 31.4. The van der Waals surface area contributed by atoms with Gasteiger partial charge in [-0.3, -0.25) is 14.9 Å². The quantitative estimate of drug-likeness (QED) is 0.543. The number of nitrogens with zero attached hydrogens (tertiary/aromatic N) is 4. The third kappa shape index (κ3) is 3.53. The van der Waals surface area contributed by atoms with Gasteiger partial charge < -0.3 is 19.4 Å². The van der Waals surface area contributed by atoms with Crippen molar-refractivity contribution in [1.82, 2.24) is 4.90 Å². The summed E-state index contributed by atoms with van der Waals surface area (Å²) in [6, 6.07) is 11.2. The first-order valence-electron chi connectivity index (χ1n) is 11.2. The monoisotopic (exact) mass is 436 g/mol. The van der Waals surface area contributed by atoms with Crippen molar-refractivity contribution in [1.29, 1.82) is 0 Å². The van der Waals surface area contributed by atoms with Gasteiger partial charge in [-0.2, -0.15) is 0 Å². The van der Waals surface area contributed by atoms with E-state index in [1.807, 2.05) is 21.9 Å². The van der Waals surface area contributed by atoms with E-state index in [9.17, 15) is 14.9 Å². The van der Waals surface area contributed by atoms with Crippen LogP contribution < -0.4 is 9.80 Å². The highest BCUT2D eigenvalue weighted by Crippen LogP contribution is 2.45. The number of hydrogen-bond acceptors (Lipinski definition) is 6. The highest BCUT2D eigenvalue weighted by atomic mass is 16.6. The Hall–Kier alpha value is -2.97. The number of nitro groups is 1. The molecule has 2 unspecified atom stereocenters. The zero-order valence-corrected chi connectivity index (χ0v) is 18.5. The summed E-state index contributed by atoms with van der Waals surface area (Å²) < 4.78 is 5.37.